The Hall–Kier alpha value is -3.70. The maximum atomic E-state index is 16.5. The van der Waals surface area contributed by atoms with Gasteiger partial charge in [-0.3, -0.25) is 9.88 Å². The van der Waals surface area contributed by atoms with Crippen LogP contribution in [0.4, 0.5) is 19.0 Å². The van der Waals surface area contributed by atoms with Gasteiger partial charge in [-0.25, -0.2) is 13.2 Å². The third kappa shape index (κ3) is 4.19. The number of phenolic OH excluding ortho intramolecular Hbond substituents is 1. The van der Waals surface area contributed by atoms with Crippen molar-refractivity contribution in [3.05, 3.63) is 48.2 Å². The van der Waals surface area contributed by atoms with Crippen LogP contribution in [-0.4, -0.2) is 82.5 Å². The number of pyridine rings is 1. The molecule has 8 nitrogen and oxygen atoms in total. The number of benzene rings is 2. The van der Waals surface area contributed by atoms with Gasteiger partial charge in [0.1, 0.15) is 35.7 Å². The van der Waals surface area contributed by atoms with E-state index in [0.29, 0.717) is 29.7 Å². The number of nitrogens with one attached hydrogen (secondary N) is 1. The van der Waals surface area contributed by atoms with Crippen LogP contribution in [0.15, 0.2) is 36.5 Å². The third-order valence-corrected chi connectivity index (χ3v) is 8.47. The number of piperazine rings is 1. The zero-order valence-corrected chi connectivity index (χ0v) is 21.9. The van der Waals surface area contributed by atoms with Gasteiger partial charge < -0.3 is 20.1 Å². The standard InChI is InChI=1S/C29H29F3N6O2/c1-37-13-16(30)8-19(37)14-40-29-35-27-22(28(36-29)38-17-4-5-18(38)12-33-11-17)10-23(31)24(25(27)32)21-9-20(39)7-15-3-2-6-34-26(15)21/h2-3,6-7,9-10,16-19,33,39H,4-5,8,11-14H2,1H3/t16-,17-,18+,19+/m1/s1. The predicted octanol–water partition coefficient (Wildman–Crippen LogP) is 4.19. The van der Waals surface area contributed by atoms with Gasteiger partial charge in [-0.05, 0) is 50.6 Å². The second-order valence-corrected chi connectivity index (χ2v) is 11.0. The van der Waals surface area contributed by atoms with Crippen LogP contribution in [-0.2, 0) is 0 Å². The van der Waals surface area contributed by atoms with E-state index >= 15 is 8.78 Å². The smallest absolute Gasteiger partial charge is 0.319 e. The van der Waals surface area contributed by atoms with Crippen LogP contribution in [0, 0.1) is 11.6 Å². The van der Waals surface area contributed by atoms with Crippen molar-refractivity contribution in [3.8, 4) is 22.9 Å². The number of aromatic nitrogens is 3. The molecule has 0 unspecified atom stereocenters. The Labute approximate surface area is 228 Å². The van der Waals surface area contributed by atoms with Crippen LogP contribution in [0.5, 0.6) is 11.8 Å². The number of likely N-dealkylation sites (tertiary alicyclic amines) is 1. The number of likely N-dealkylation sites (N-methyl/N-ethyl adjacent to an activating group) is 1. The van der Waals surface area contributed by atoms with Crippen molar-refractivity contribution in [1.82, 2.24) is 25.2 Å². The van der Waals surface area contributed by atoms with E-state index in [2.05, 4.69) is 25.2 Å². The monoisotopic (exact) mass is 550 g/mol. The quantitative estimate of drug-likeness (QED) is 0.383. The minimum atomic E-state index is -0.933. The molecule has 2 aromatic carbocycles. The molecule has 7 rings (SSSR count). The first-order valence-electron chi connectivity index (χ1n) is 13.6. The molecule has 11 heteroatoms. The lowest BCUT2D eigenvalue weighted by Crippen LogP contribution is -2.52. The van der Waals surface area contributed by atoms with Gasteiger partial charge in [-0.1, -0.05) is 6.07 Å². The SMILES string of the molecule is CN1C[C@H](F)C[C@H]1COc1nc(N2[C@@H]3CC[C@H]2CNC3)c2cc(F)c(-c3cc(O)cc4cccnc34)c(F)c2n1. The van der Waals surface area contributed by atoms with Crippen LogP contribution in [0.1, 0.15) is 19.3 Å². The molecule has 0 saturated carbocycles. The predicted molar refractivity (Wildman–Crippen MR) is 145 cm³/mol. The van der Waals surface area contributed by atoms with E-state index < -0.39 is 17.8 Å². The Bertz CT molecular complexity index is 1600. The summed E-state index contributed by atoms with van der Waals surface area (Å²) >= 11 is 0. The van der Waals surface area contributed by atoms with Crippen molar-refractivity contribution < 1.29 is 23.0 Å². The number of phenols is 1. The summed E-state index contributed by atoms with van der Waals surface area (Å²) in [6.45, 7) is 1.96. The third-order valence-electron chi connectivity index (χ3n) is 8.47. The molecular formula is C29H29F3N6O2. The lowest BCUT2D eigenvalue weighted by atomic mass is 9.98. The molecule has 3 aliphatic heterocycles. The first kappa shape index (κ1) is 25.3. The molecular weight excluding hydrogens is 521 g/mol. The van der Waals surface area contributed by atoms with Gasteiger partial charge in [-0.2, -0.15) is 9.97 Å². The highest BCUT2D eigenvalue weighted by atomic mass is 19.1. The summed E-state index contributed by atoms with van der Waals surface area (Å²) in [5, 5.41) is 14.6. The van der Waals surface area contributed by atoms with Crippen molar-refractivity contribution in [2.75, 3.05) is 38.2 Å². The first-order chi connectivity index (χ1) is 19.4. The van der Waals surface area contributed by atoms with Crippen LogP contribution in [0.25, 0.3) is 32.9 Å². The van der Waals surface area contributed by atoms with Crippen LogP contribution in [0.3, 0.4) is 0 Å². The molecule has 2 aromatic heterocycles. The molecule has 4 aromatic rings. The van der Waals surface area contributed by atoms with Gasteiger partial charge in [0, 0.05) is 60.3 Å². The fraction of sp³-hybridized carbons (Fsp3) is 0.414. The fourth-order valence-electron chi connectivity index (χ4n) is 6.54. The molecule has 3 fully saturated rings. The number of hydrogen-bond donors (Lipinski definition) is 2. The largest absolute Gasteiger partial charge is 0.508 e. The summed E-state index contributed by atoms with van der Waals surface area (Å²) in [6, 6.07) is 7.54. The molecule has 3 saturated heterocycles. The van der Waals surface area contributed by atoms with Crippen molar-refractivity contribution in [2.24, 2.45) is 0 Å². The first-order valence-corrected chi connectivity index (χ1v) is 13.6. The Morgan fingerprint density at radius 3 is 2.65 bits per heavy atom. The minimum absolute atomic E-state index is 0.0357. The molecule has 0 aliphatic carbocycles. The normalized spacial score (nSPS) is 24.9. The van der Waals surface area contributed by atoms with Gasteiger partial charge in [0.05, 0.1) is 11.1 Å². The second kappa shape index (κ2) is 9.74. The molecule has 0 radical (unpaired) electrons. The Balaban J connectivity index is 1.40. The summed E-state index contributed by atoms with van der Waals surface area (Å²) in [4.78, 5) is 17.5. The number of nitrogens with zero attached hydrogens (tertiary/aromatic N) is 5. The van der Waals surface area contributed by atoms with E-state index in [9.17, 15) is 9.50 Å². The average molecular weight is 551 g/mol. The number of alkyl halides is 1. The average Bonchev–Trinajstić information content (AvgIpc) is 3.38. The lowest BCUT2D eigenvalue weighted by Gasteiger charge is -2.37. The van der Waals surface area contributed by atoms with Crippen molar-refractivity contribution in [1.29, 1.82) is 0 Å². The van der Waals surface area contributed by atoms with E-state index in [1.165, 1.54) is 24.4 Å². The second-order valence-electron chi connectivity index (χ2n) is 11.0. The van der Waals surface area contributed by atoms with Crippen molar-refractivity contribution in [3.63, 3.8) is 0 Å². The van der Waals surface area contributed by atoms with Crippen molar-refractivity contribution in [2.45, 2.75) is 43.6 Å². The molecule has 3 aliphatic rings. The van der Waals surface area contributed by atoms with Gasteiger partial charge in [0.15, 0.2) is 5.82 Å². The highest BCUT2D eigenvalue weighted by molar-refractivity contribution is 6.00. The Morgan fingerprint density at radius 2 is 1.90 bits per heavy atom. The zero-order valence-electron chi connectivity index (χ0n) is 21.9. The molecule has 0 amide bonds. The molecule has 2 bridgehead atoms. The number of aromatic hydroxyl groups is 1. The lowest BCUT2D eigenvalue weighted by molar-refractivity contribution is 0.188. The molecule has 4 atom stereocenters. The molecule has 40 heavy (non-hydrogen) atoms. The summed E-state index contributed by atoms with van der Waals surface area (Å²) in [5.74, 6) is -1.39. The topological polar surface area (TPSA) is 86.6 Å². The molecule has 2 N–H and O–H groups in total. The molecule has 5 heterocycles. The summed E-state index contributed by atoms with van der Waals surface area (Å²) < 4.78 is 52.3. The highest BCUT2D eigenvalue weighted by Gasteiger charge is 2.39. The van der Waals surface area contributed by atoms with Gasteiger partial charge in [-0.15, -0.1) is 0 Å². The number of halogens is 3. The summed E-state index contributed by atoms with van der Waals surface area (Å²) in [6.07, 6.45) is 2.81. The molecule has 208 valence electrons. The van der Waals surface area contributed by atoms with E-state index in [1.54, 1.807) is 12.1 Å². The van der Waals surface area contributed by atoms with Crippen LogP contribution in [0.2, 0.25) is 0 Å². The minimum Gasteiger partial charge on any atom is -0.508 e. The molecule has 0 spiro atoms. The van der Waals surface area contributed by atoms with Gasteiger partial charge in [0.25, 0.3) is 0 Å². The number of rotatable bonds is 5. The Morgan fingerprint density at radius 1 is 1.10 bits per heavy atom. The van der Waals surface area contributed by atoms with Crippen LogP contribution < -0.4 is 15.0 Å². The van der Waals surface area contributed by atoms with E-state index in [1.807, 2.05) is 11.9 Å². The fourth-order valence-corrected chi connectivity index (χ4v) is 6.54. The maximum absolute atomic E-state index is 16.5. The number of anilines is 1. The number of fused-ring (bicyclic) bond motifs is 4. The van der Waals surface area contributed by atoms with E-state index in [-0.39, 0.29) is 58.5 Å². The van der Waals surface area contributed by atoms with Crippen molar-refractivity contribution >= 4 is 27.6 Å². The number of ether oxygens (including phenoxy) is 1. The summed E-state index contributed by atoms with van der Waals surface area (Å²) in [7, 11) is 1.83. The summed E-state index contributed by atoms with van der Waals surface area (Å²) in [5.41, 5.74) is 0.0685. The van der Waals surface area contributed by atoms with E-state index in [4.69, 9.17) is 4.74 Å². The zero-order chi connectivity index (χ0) is 27.5. The van der Waals surface area contributed by atoms with Crippen LogP contribution >= 0.6 is 0 Å². The van der Waals surface area contributed by atoms with E-state index in [0.717, 1.165) is 25.9 Å². The number of hydrogen-bond acceptors (Lipinski definition) is 8. The Kier molecular flexibility index (Phi) is 6.16. The maximum Gasteiger partial charge on any atom is 0.319 e. The van der Waals surface area contributed by atoms with Gasteiger partial charge >= 0.3 is 6.01 Å². The highest BCUT2D eigenvalue weighted by Crippen LogP contribution is 2.41. The van der Waals surface area contributed by atoms with Gasteiger partial charge in [0.2, 0.25) is 0 Å².